The summed E-state index contributed by atoms with van der Waals surface area (Å²) >= 11 is 5.98. The summed E-state index contributed by atoms with van der Waals surface area (Å²) in [5, 5.41) is 0.798. The van der Waals surface area contributed by atoms with Gasteiger partial charge in [-0.15, -0.1) is 0 Å². The van der Waals surface area contributed by atoms with Crippen LogP contribution in [0.4, 0.5) is 0 Å². The Balaban J connectivity index is 1.88. The van der Waals surface area contributed by atoms with Gasteiger partial charge in [0.25, 0.3) is 0 Å². The molecule has 0 spiro atoms. The largest absolute Gasteiger partial charge is 0.318 e. The molecule has 3 heteroatoms. The molecule has 1 N–H and O–H groups in total. The van der Waals surface area contributed by atoms with E-state index >= 15 is 0 Å². The summed E-state index contributed by atoms with van der Waals surface area (Å²) < 4.78 is 2.19. The standard InChI is InChI=1S/C16H19ClN2/c1-11-3-4-12(2)19(11)18-16(13-5-6-13)14-7-9-15(17)10-8-14/h3-4,7-10,13,16,18H,5-6H2,1-2H3. The van der Waals surface area contributed by atoms with Crippen molar-refractivity contribution in [1.82, 2.24) is 4.68 Å². The molecule has 1 aromatic carbocycles. The number of hydrogen-bond donors (Lipinski definition) is 1. The third-order valence-corrected chi connectivity index (χ3v) is 4.11. The van der Waals surface area contributed by atoms with Crippen LogP contribution in [-0.4, -0.2) is 4.68 Å². The van der Waals surface area contributed by atoms with E-state index in [0.29, 0.717) is 6.04 Å². The first-order valence-corrected chi connectivity index (χ1v) is 7.20. The van der Waals surface area contributed by atoms with Crippen molar-refractivity contribution in [3.8, 4) is 0 Å². The topological polar surface area (TPSA) is 17.0 Å². The van der Waals surface area contributed by atoms with Crippen LogP contribution >= 0.6 is 11.6 Å². The van der Waals surface area contributed by atoms with Crippen molar-refractivity contribution in [1.29, 1.82) is 0 Å². The van der Waals surface area contributed by atoms with Crippen molar-refractivity contribution < 1.29 is 0 Å². The lowest BCUT2D eigenvalue weighted by atomic mass is 10.0. The third-order valence-electron chi connectivity index (χ3n) is 3.86. The van der Waals surface area contributed by atoms with Crippen LogP contribution in [0, 0.1) is 19.8 Å². The molecule has 2 nitrogen and oxygen atoms in total. The molecule has 0 saturated heterocycles. The number of nitrogens with one attached hydrogen (secondary N) is 1. The summed E-state index contributed by atoms with van der Waals surface area (Å²) in [7, 11) is 0. The van der Waals surface area contributed by atoms with E-state index in [-0.39, 0.29) is 0 Å². The van der Waals surface area contributed by atoms with E-state index in [2.05, 4.69) is 48.2 Å². The zero-order chi connectivity index (χ0) is 13.4. The predicted molar refractivity (Wildman–Crippen MR) is 80.2 cm³/mol. The summed E-state index contributed by atoms with van der Waals surface area (Å²) in [5.74, 6) is 0.738. The van der Waals surface area contributed by atoms with Gasteiger partial charge >= 0.3 is 0 Å². The van der Waals surface area contributed by atoms with Gasteiger partial charge in [-0.1, -0.05) is 23.7 Å². The van der Waals surface area contributed by atoms with E-state index < -0.39 is 0 Å². The van der Waals surface area contributed by atoms with Gasteiger partial charge in [-0.3, -0.25) is 4.68 Å². The molecular formula is C16H19ClN2. The van der Waals surface area contributed by atoms with Gasteiger partial charge in [0.2, 0.25) is 0 Å². The van der Waals surface area contributed by atoms with Crippen LogP contribution in [0.15, 0.2) is 36.4 Å². The number of benzene rings is 1. The van der Waals surface area contributed by atoms with E-state index in [0.717, 1.165) is 10.9 Å². The molecule has 1 aromatic heterocycles. The summed E-state index contributed by atoms with van der Waals surface area (Å²) in [6.45, 7) is 4.26. The number of aromatic nitrogens is 1. The fraction of sp³-hybridized carbons (Fsp3) is 0.375. The number of rotatable bonds is 4. The fourth-order valence-corrected chi connectivity index (χ4v) is 2.69. The summed E-state index contributed by atoms with van der Waals surface area (Å²) in [6.07, 6.45) is 2.61. The van der Waals surface area contributed by atoms with E-state index in [9.17, 15) is 0 Å². The minimum Gasteiger partial charge on any atom is -0.318 e. The van der Waals surface area contributed by atoms with Crippen LogP contribution in [0.25, 0.3) is 0 Å². The van der Waals surface area contributed by atoms with Crippen LogP contribution in [0.3, 0.4) is 0 Å². The van der Waals surface area contributed by atoms with Crippen molar-refractivity contribution in [3.63, 3.8) is 0 Å². The van der Waals surface area contributed by atoms with E-state index in [1.165, 1.54) is 29.8 Å². The van der Waals surface area contributed by atoms with Crippen molar-refractivity contribution in [2.75, 3.05) is 5.43 Å². The lowest BCUT2D eigenvalue weighted by molar-refractivity contribution is 0.591. The minimum absolute atomic E-state index is 0.377. The SMILES string of the molecule is Cc1ccc(C)n1NC(c1ccc(Cl)cc1)C1CC1. The molecule has 19 heavy (non-hydrogen) atoms. The molecule has 0 aliphatic heterocycles. The van der Waals surface area contributed by atoms with E-state index in [4.69, 9.17) is 11.6 Å². The summed E-state index contributed by atoms with van der Waals surface area (Å²) in [4.78, 5) is 0. The quantitative estimate of drug-likeness (QED) is 0.871. The van der Waals surface area contributed by atoms with Gasteiger partial charge in [0, 0.05) is 16.4 Å². The third kappa shape index (κ3) is 2.64. The van der Waals surface area contributed by atoms with Gasteiger partial charge < -0.3 is 5.43 Å². The first-order chi connectivity index (χ1) is 9.15. The van der Waals surface area contributed by atoms with Crippen molar-refractivity contribution >= 4 is 11.6 Å². The molecule has 2 aromatic rings. The Morgan fingerprint density at radius 1 is 1.05 bits per heavy atom. The molecule has 0 radical (unpaired) electrons. The molecule has 0 amide bonds. The van der Waals surface area contributed by atoms with Gasteiger partial charge in [0.05, 0.1) is 6.04 Å². The Hall–Kier alpha value is -1.41. The van der Waals surface area contributed by atoms with E-state index in [1.54, 1.807) is 0 Å². The molecule has 3 rings (SSSR count). The van der Waals surface area contributed by atoms with E-state index in [1.807, 2.05) is 12.1 Å². The molecule has 100 valence electrons. The second-order valence-electron chi connectivity index (χ2n) is 5.45. The second kappa shape index (κ2) is 4.93. The van der Waals surface area contributed by atoms with Crippen LogP contribution in [0.5, 0.6) is 0 Å². The van der Waals surface area contributed by atoms with Gasteiger partial charge in [0.1, 0.15) is 0 Å². The highest BCUT2D eigenvalue weighted by atomic mass is 35.5. The van der Waals surface area contributed by atoms with Gasteiger partial charge in [-0.2, -0.15) is 0 Å². The number of hydrogen-bond acceptors (Lipinski definition) is 1. The maximum Gasteiger partial charge on any atom is 0.0701 e. The summed E-state index contributed by atoms with van der Waals surface area (Å²) in [5.41, 5.74) is 7.48. The maximum atomic E-state index is 5.98. The fourth-order valence-electron chi connectivity index (χ4n) is 2.56. The highest BCUT2D eigenvalue weighted by molar-refractivity contribution is 6.30. The molecule has 1 atom stereocenters. The van der Waals surface area contributed by atoms with Gasteiger partial charge in [-0.25, -0.2) is 0 Å². The first kappa shape index (κ1) is 12.6. The Kier molecular flexibility index (Phi) is 3.28. The average molecular weight is 275 g/mol. The molecule has 1 fully saturated rings. The molecule has 1 unspecified atom stereocenters. The van der Waals surface area contributed by atoms with Crippen LogP contribution < -0.4 is 5.43 Å². The Bertz CT molecular complexity index is 547. The monoisotopic (exact) mass is 274 g/mol. The normalized spacial score (nSPS) is 16.4. The number of halogens is 1. The Labute approximate surface area is 119 Å². The molecule has 1 aliphatic carbocycles. The molecule has 1 aliphatic rings. The highest BCUT2D eigenvalue weighted by Gasteiger charge is 2.32. The first-order valence-electron chi connectivity index (χ1n) is 6.82. The predicted octanol–water partition coefficient (Wildman–Crippen LogP) is 4.45. The molecule has 1 heterocycles. The zero-order valence-corrected chi connectivity index (χ0v) is 12.1. The Morgan fingerprint density at radius 2 is 1.63 bits per heavy atom. The Morgan fingerprint density at radius 3 is 2.16 bits per heavy atom. The van der Waals surface area contributed by atoms with Crippen LogP contribution in [0.2, 0.25) is 5.02 Å². The zero-order valence-electron chi connectivity index (χ0n) is 11.4. The molecule has 0 bridgehead atoms. The highest BCUT2D eigenvalue weighted by Crippen LogP contribution is 2.42. The lowest BCUT2D eigenvalue weighted by Crippen LogP contribution is -2.24. The lowest BCUT2D eigenvalue weighted by Gasteiger charge is -2.23. The molecular weight excluding hydrogens is 256 g/mol. The van der Waals surface area contributed by atoms with Gasteiger partial charge in [-0.05, 0) is 62.4 Å². The minimum atomic E-state index is 0.377. The smallest absolute Gasteiger partial charge is 0.0701 e. The molecule has 1 saturated carbocycles. The number of aryl methyl sites for hydroxylation is 2. The van der Waals surface area contributed by atoms with Gasteiger partial charge in [0.15, 0.2) is 0 Å². The van der Waals surface area contributed by atoms with Crippen molar-refractivity contribution in [3.05, 3.63) is 58.4 Å². The maximum absolute atomic E-state index is 5.98. The van der Waals surface area contributed by atoms with Crippen LogP contribution in [-0.2, 0) is 0 Å². The van der Waals surface area contributed by atoms with Crippen molar-refractivity contribution in [2.24, 2.45) is 5.92 Å². The number of nitrogens with zero attached hydrogens (tertiary/aromatic N) is 1. The van der Waals surface area contributed by atoms with Crippen LogP contribution in [0.1, 0.15) is 35.8 Å². The second-order valence-corrected chi connectivity index (χ2v) is 5.88. The van der Waals surface area contributed by atoms with Crippen molar-refractivity contribution in [2.45, 2.75) is 32.7 Å². The summed E-state index contributed by atoms with van der Waals surface area (Å²) in [6, 6.07) is 12.9. The average Bonchev–Trinajstić information content (AvgIpc) is 3.18.